The standard InChI is InChI=1S/C10H12N2O3/c1-7(2)5-6-12-9(13)4-3-8(11-12)10(14)15/h3-5H,6H2,1-2H3,(H,14,15). The lowest BCUT2D eigenvalue weighted by atomic mass is 10.3. The van der Waals surface area contributed by atoms with E-state index in [4.69, 9.17) is 5.11 Å². The first kappa shape index (κ1) is 11.2. The Morgan fingerprint density at radius 3 is 2.73 bits per heavy atom. The molecule has 80 valence electrons. The summed E-state index contributed by atoms with van der Waals surface area (Å²) < 4.78 is 1.12. The van der Waals surface area contributed by atoms with Crippen LogP contribution >= 0.6 is 0 Å². The number of allylic oxidation sites excluding steroid dienone is 2. The summed E-state index contributed by atoms with van der Waals surface area (Å²) in [5.41, 5.74) is 0.610. The van der Waals surface area contributed by atoms with E-state index < -0.39 is 5.97 Å². The van der Waals surface area contributed by atoms with Crippen molar-refractivity contribution in [3.05, 3.63) is 39.8 Å². The van der Waals surface area contributed by atoms with Crippen molar-refractivity contribution in [1.29, 1.82) is 0 Å². The van der Waals surface area contributed by atoms with E-state index in [0.717, 1.165) is 10.3 Å². The molecule has 0 spiro atoms. The maximum atomic E-state index is 11.3. The molecule has 0 saturated heterocycles. The van der Waals surface area contributed by atoms with Gasteiger partial charge in [-0.1, -0.05) is 11.6 Å². The van der Waals surface area contributed by atoms with Crippen molar-refractivity contribution in [2.75, 3.05) is 0 Å². The van der Waals surface area contributed by atoms with Crippen molar-refractivity contribution >= 4 is 5.97 Å². The van der Waals surface area contributed by atoms with E-state index in [1.165, 1.54) is 12.1 Å². The minimum atomic E-state index is -1.14. The summed E-state index contributed by atoms with van der Waals surface area (Å²) in [6, 6.07) is 2.40. The van der Waals surface area contributed by atoms with Crippen LogP contribution in [0.2, 0.25) is 0 Å². The summed E-state index contributed by atoms with van der Waals surface area (Å²) in [6.45, 7) is 4.08. The molecule has 0 aliphatic heterocycles. The first-order valence-corrected chi connectivity index (χ1v) is 4.45. The summed E-state index contributed by atoms with van der Waals surface area (Å²) in [5.74, 6) is -1.14. The topological polar surface area (TPSA) is 72.2 Å². The van der Waals surface area contributed by atoms with Crippen LogP contribution in [-0.2, 0) is 6.54 Å². The lowest BCUT2D eigenvalue weighted by Crippen LogP contribution is -2.23. The molecular formula is C10H12N2O3. The SMILES string of the molecule is CC(C)=CCn1nc(C(=O)O)ccc1=O. The van der Waals surface area contributed by atoms with Gasteiger partial charge in [-0.25, -0.2) is 9.48 Å². The molecule has 1 aromatic heterocycles. The molecule has 0 amide bonds. The van der Waals surface area contributed by atoms with Gasteiger partial charge in [0, 0.05) is 6.07 Å². The van der Waals surface area contributed by atoms with Crippen molar-refractivity contribution in [3.8, 4) is 0 Å². The smallest absolute Gasteiger partial charge is 0.356 e. The van der Waals surface area contributed by atoms with Crippen LogP contribution in [-0.4, -0.2) is 20.9 Å². The largest absolute Gasteiger partial charge is 0.476 e. The molecule has 0 aromatic carbocycles. The maximum absolute atomic E-state index is 11.3. The van der Waals surface area contributed by atoms with Crippen LogP contribution in [0.4, 0.5) is 0 Å². The van der Waals surface area contributed by atoms with Crippen molar-refractivity contribution in [3.63, 3.8) is 0 Å². The zero-order valence-corrected chi connectivity index (χ0v) is 8.60. The third-order valence-electron chi connectivity index (χ3n) is 1.76. The first-order chi connectivity index (χ1) is 7.00. The van der Waals surface area contributed by atoms with E-state index in [2.05, 4.69) is 5.10 Å². The molecule has 0 aliphatic rings. The number of aromatic nitrogens is 2. The lowest BCUT2D eigenvalue weighted by Gasteiger charge is -2.01. The normalized spacial score (nSPS) is 9.73. The Morgan fingerprint density at radius 1 is 1.53 bits per heavy atom. The molecule has 1 aromatic rings. The highest BCUT2D eigenvalue weighted by Gasteiger charge is 2.05. The van der Waals surface area contributed by atoms with Gasteiger partial charge in [-0.2, -0.15) is 5.10 Å². The highest BCUT2D eigenvalue weighted by atomic mass is 16.4. The molecule has 1 heterocycles. The van der Waals surface area contributed by atoms with Crippen LogP contribution in [0, 0.1) is 0 Å². The second-order valence-corrected chi connectivity index (χ2v) is 3.33. The molecule has 0 saturated carbocycles. The molecule has 5 heteroatoms. The lowest BCUT2D eigenvalue weighted by molar-refractivity contribution is 0.0687. The maximum Gasteiger partial charge on any atom is 0.356 e. The molecule has 0 aliphatic carbocycles. The predicted molar refractivity (Wildman–Crippen MR) is 54.9 cm³/mol. The van der Waals surface area contributed by atoms with Crippen LogP contribution < -0.4 is 5.56 Å². The van der Waals surface area contributed by atoms with Crippen LogP contribution in [0.5, 0.6) is 0 Å². The Kier molecular flexibility index (Phi) is 3.38. The van der Waals surface area contributed by atoms with Crippen LogP contribution in [0.25, 0.3) is 0 Å². The van der Waals surface area contributed by atoms with Gasteiger partial charge in [0.2, 0.25) is 0 Å². The summed E-state index contributed by atoms with van der Waals surface area (Å²) in [6.07, 6.45) is 1.81. The molecule has 5 nitrogen and oxygen atoms in total. The van der Waals surface area contributed by atoms with E-state index in [0.29, 0.717) is 6.54 Å². The summed E-state index contributed by atoms with van der Waals surface area (Å²) in [5, 5.41) is 12.4. The molecule has 0 atom stereocenters. The number of carboxylic acid groups (broad SMARTS) is 1. The fraction of sp³-hybridized carbons (Fsp3) is 0.300. The molecule has 0 bridgehead atoms. The zero-order valence-electron chi connectivity index (χ0n) is 8.60. The number of hydrogen-bond acceptors (Lipinski definition) is 3. The summed E-state index contributed by atoms with van der Waals surface area (Å²) in [7, 11) is 0. The quantitative estimate of drug-likeness (QED) is 0.749. The van der Waals surface area contributed by atoms with Gasteiger partial charge >= 0.3 is 5.97 Å². The molecular weight excluding hydrogens is 196 g/mol. The Morgan fingerprint density at radius 2 is 2.20 bits per heavy atom. The number of nitrogens with zero attached hydrogens (tertiary/aromatic N) is 2. The minimum absolute atomic E-state index is 0.128. The van der Waals surface area contributed by atoms with Gasteiger partial charge in [-0.05, 0) is 19.9 Å². The van der Waals surface area contributed by atoms with Crippen molar-refractivity contribution < 1.29 is 9.90 Å². The van der Waals surface area contributed by atoms with Gasteiger partial charge in [0.1, 0.15) is 0 Å². The first-order valence-electron chi connectivity index (χ1n) is 4.45. The second-order valence-electron chi connectivity index (χ2n) is 3.33. The number of hydrogen-bond donors (Lipinski definition) is 1. The number of rotatable bonds is 3. The zero-order chi connectivity index (χ0) is 11.4. The minimum Gasteiger partial charge on any atom is -0.476 e. The summed E-state index contributed by atoms with van der Waals surface area (Å²) in [4.78, 5) is 21.9. The van der Waals surface area contributed by atoms with E-state index in [1.807, 2.05) is 13.8 Å². The average molecular weight is 208 g/mol. The third kappa shape index (κ3) is 3.05. The van der Waals surface area contributed by atoms with Crippen LogP contribution in [0.1, 0.15) is 24.3 Å². The van der Waals surface area contributed by atoms with Gasteiger partial charge < -0.3 is 5.11 Å². The Labute approximate surface area is 86.7 Å². The molecule has 15 heavy (non-hydrogen) atoms. The second kappa shape index (κ2) is 4.54. The van der Waals surface area contributed by atoms with Gasteiger partial charge in [-0.15, -0.1) is 0 Å². The van der Waals surface area contributed by atoms with Gasteiger partial charge in [0.25, 0.3) is 5.56 Å². The number of carboxylic acids is 1. The summed E-state index contributed by atoms with van der Waals surface area (Å²) >= 11 is 0. The van der Waals surface area contributed by atoms with Crippen molar-refractivity contribution in [2.24, 2.45) is 0 Å². The molecule has 1 rings (SSSR count). The van der Waals surface area contributed by atoms with E-state index in [-0.39, 0.29) is 11.3 Å². The van der Waals surface area contributed by atoms with Crippen LogP contribution in [0.15, 0.2) is 28.6 Å². The van der Waals surface area contributed by atoms with E-state index >= 15 is 0 Å². The number of carbonyl (C=O) groups is 1. The van der Waals surface area contributed by atoms with Crippen molar-refractivity contribution in [2.45, 2.75) is 20.4 Å². The molecule has 0 fully saturated rings. The van der Waals surface area contributed by atoms with Gasteiger partial charge in [0.05, 0.1) is 6.54 Å². The highest BCUT2D eigenvalue weighted by molar-refractivity contribution is 5.84. The monoisotopic (exact) mass is 208 g/mol. The highest BCUT2D eigenvalue weighted by Crippen LogP contribution is 1.93. The van der Waals surface area contributed by atoms with Crippen molar-refractivity contribution in [1.82, 2.24) is 9.78 Å². The fourth-order valence-corrected chi connectivity index (χ4v) is 0.963. The Balaban J connectivity index is 3.06. The van der Waals surface area contributed by atoms with Gasteiger partial charge in [-0.3, -0.25) is 4.79 Å². The molecule has 1 N–H and O–H groups in total. The van der Waals surface area contributed by atoms with E-state index in [9.17, 15) is 9.59 Å². The van der Waals surface area contributed by atoms with Gasteiger partial charge in [0.15, 0.2) is 5.69 Å². The van der Waals surface area contributed by atoms with E-state index in [1.54, 1.807) is 6.08 Å². The van der Waals surface area contributed by atoms with Crippen LogP contribution in [0.3, 0.4) is 0 Å². The average Bonchev–Trinajstić information content (AvgIpc) is 2.16. The third-order valence-corrected chi connectivity index (χ3v) is 1.76. The Bertz CT molecular complexity index is 456. The molecule has 0 unspecified atom stereocenters. The molecule has 0 radical (unpaired) electrons. The predicted octanol–water partition coefficient (Wildman–Crippen LogP) is 0.908. The Hall–Kier alpha value is -1.91. The number of aromatic carboxylic acids is 1. The fourth-order valence-electron chi connectivity index (χ4n) is 0.963.